The fraction of sp³-hybridized carbons (Fsp3) is 0.692. The highest BCUT2D eigenvalue weighted by Gasteiger charge is 2.42. The monoisotopic (exact) mass is 250 g/mol. The van der Waals surface area contributed by atoms with Gasteiger partial charge in [-0.3, -0.25) is 4.68 Å². The summed E-state index contributed by atoms with van der Waals surface area (Å²) in [6.45, 7) is 0.552. The van der Waals surface area contributed by atoms with E-state index in [-0.39, 0.29) is 17.4 Å². The molecule has 0 amide bonds. The Balaban J connectivity index is 1.67. The van der Waals surface area contributed by atoms with Gasteiger partial charge in [0, 0.05) is 6.20 Å². The largest absolute Gasteiger partial charge is 0.477 e. The summed E-state index contributed by atoms with van der Waals surface area (Å²) in [4.78, 5) is 11.0. The SMILES string of the molecule is O=C(O)c1ccnn1CC1CCC2(CCCC2)O1. The van der Waals surface area contributed by atoms with Crippen LogP contribution in [0.1, 0.15) is 49.0 Å². The van der Waals surface area contributed by atoms with Crippen LogP contribution in [0.15, 0.2) is 12.3 Å². The predicted octanol–water partition coefficient (Wildman–Crippen LogP) is 2.07. The molecule has 1 saturated heterocycles. The van der Waals surface area contributed by atoms with Crippen molar-refractivity contribution in [2.45, 2.75) is 56.8 Å². The van der Waals surface area contributed by atoms with Crippen molar-refractivity contribution in [2.75, 3.05) is 0 Å². The molecule has 1 aliphatic heterocycles. The average molecular weight is 250 g/mol. The van der Waals surface area contributed by atoms with Gasteiger partial charge in [0.1, 0.15) is 5.69 Å². The minimum absolute atomic E-state index is 0.0984. The molecule has 3 rings (SSSR count). The molecular weight excluding hydrogens is 232 g/mol. The van der Waals surface area contributed by atoms with E-state index >= 15 is 0 Å². The lowest BCUT2D eigenvalue weighted by molar-refractivity contribution is -0.0431. The van der Waals surface area contributed by atoms with Crippen molar-refractivity contribution in [1.29, 1.82) is 0 Å². The molecule has 2 fully saturated rings. The first-order valence-electron chi connectivity index (χ1n) is 6.61. The van der Waals surface area contributed by atoms with Gasteiger partial charge in [0.15, 0.2) is 0 Å². The number of aromatic carboxylic acids is 1. The van der Waals surface area contributed by atoms with Crippen molar-refractivity contribution < 1.29 is 14.6 Å². The fourth-order valence-electron chi connectivity index (χ4n) is 3.26. The molecule has 0 radical (unpaired) electrons. The quantitative estimate of drug-likeness (QED) is 0.892. The lowest BCUT2D eigenvalue weighted by Gasteiger charge is -2.23. The summed E-state index contributed by atoms with van der Waals surface area (Å²) in [5.74, 6) is -0.930. The summed E-state index contributed by atoms with van der Waals surface area (Å²) >= 11 is 0. The maximum absolute atomic E-state index is 11.0. The number of ether oxygens (including phenoxy) is 1. The van der Waals surface area contributed by atoms with E-state index < -0.39 is 5.97 Å². The number of hydrogen-bond donors (Lipinski definition) is 1. The first-order chi connectivity index (χ1) is 8.69. The Bertz CT molecular complexity index is 449. The molecule has 98 valence electrons. The van der Waals surface area contributed by atoms with Crippen LogP contribution in [0.5, 0.6) is 0 Å². The zero-order chi connectivity index (χ0) is 12.6. The van der Waals surface area contributed by atoms with Crippen LogP contribution >= 0.6 is 0 Å². The van der Waals surface area contributed by atoms with E-state index in [1.807, 2.05) is 0 Å². The number of rotatable bonds is 3. The molecule has 0 aromatic carbocycles. The molecule has 1 aliphatic carbocycles. The number of carbonyl (C=O) groups is 1. The fourth-order valence-corrected chi connectivity index (χ4v) is 3.26. The smallest absolute Gasteiger partial charge is 0.354 e. The summed E-state index contributed by atoms with van der Waals surface area (Å²) in [7, 11) is 0. The second-order valence-electron chi connectivity index (χ2n) is 5.37. The van der Waals surface area contributed by atoms with E-state index in [1.54, 1.807) is 4.68 Å². The zero-order valence-electron chi connectivity index (χ0n) is 10.3. The van der Waals surface area contributed by atoms with Crippen molar-refractivity contribution in [1.82, 2.24) is 9.78 Å². The highest BCUT2D eigenvalue weighted by molar-refractivity contribution is 5.85. The van der Waals surface area contributed by atoms with Gasteiger partial charge in [0.2, 0.25) is 0 Å². The number of hydrogen-bond acceptors (Lipinski definition) is 3. The first kappa shape index (κ1) is 11.7. The molecule has 1 saturated carbocycles. The maximum atomic E-state index is 11.0. The summed E-state index contributed by atoms with van der Waals surface area (Å²) in [6.07, 6.45) is 8.61. The van der Waals surface area contributed by atoms with Gasteiger partial charge in [0.25, 0.3) is 0 Å². The van der Waals surface area contributed by atoms with Gasteiger partial charge in [-0.1, -0.05) is 12.8 Å². The summed E-state index contributed by atoms with van der Waals surface area (Å²) in [6, 6.07) is 1.53. The van der Waals surface area contributed by atoms with E-state index in [0.717, 1.165) is 25.7 Å². The Morgan fingerprint density at radius 3 is 3.00 bits per heavy atom. The van der Waals surface area contributed by atoms with Crippen molar-refractivity contribution in [2.24, 2.45) is 0 Å². The Morgan fingerprint density at radius 1 is 1.50 bits per heavy atom. The highest BCUT2D eigenvalue weighted by atomic mass is 16.5. The lowest BCUT2D eigenvalue weighted by atomic mass is 9.98. The molecule has 1 aromatic rings. The molecule has 1 N–H and O–H groups in total. The topological polar surface area (TPSA) is 64.3 Å². The van der Waals surface area contributed by atoms with Crippen LogP contribution in [0, 0.1) is 0 Å². The third-order valence-corrected chi connectivity index (χ3v) is 4.17. The van der Waals surface area contributed by atoms with Crippen LogP contribution in [0.25, 0.3) is 0 Å². The van der Waals surface area contributed by atoms with Crippen molar-refractivity contribution in [3.05, 3.63) is 18.0 Å². The summed E-state index contributed by atoms with van der Waals surface area (Å²) in [5.41, 5.74) is 0.340. The van der Waals surface area contributed by atoms with E-state index in [1.165, 1.54) is 25.1 Å². The van der Waals surface area contributed by atoms with Crippen molar-refractivity contribution >= 4 is 5.97 Å². The van der Waals surface area contributed by atoms with Gasteiger partial charge in [0.05, 0.1) is 18.2 Å². The average Bonchev–Trinajstić information content (AvgIpc) is 3.03. The highest BCUT2D eigenvalue weighted by Crippen LogP contribution is 2.43. The van der Waals surface area contributed by atoms with Crippen LogP contribution in [0.2, 0.25) is 0 Å². The van der Waals surface area contributed by atoms with E-state index in [9.17, 15) is 4.79 Å². The zero-order valence-corrected chi connectivity index (χ0v) is 10.3. The lowest BCUT2D eigenvalue weighted by Crippen LogP contribution is -2.27. The Kier molecular flexibility index (Phi) is 2.86. The first-order valence-corrected chi connectivity index (χ1v) is 6.61. The molecule has 1 spiro atoms. The molecular formula is C13H18N2O3. The van der Waals surface area contributed by atoms with Crippen LogP contribution in [0.4, 0.5) is 0 Å². The van der Waals surface area contributed by atoms with Crippen molar-refractivity contribution in [3.63, 3.8) is 0 Å². The number of nitrogens with zero attached hydrogens (tertiary/aromatic N) is 2. The predicted molar refractivity (Wildman–Crippen MR) is 64.5 cm³/mol. The molecule has 2 heterocycles. The minimum atomic E-state index is -0.930. The normalized spacial score (nSPS) is 25.9. The maximum Gasteiger partial charge on any atom is 0.354 e. The summed E-state index contributed by atoms with van der Waals surface area (Å²) in [5, 5.41) is 13.1. The van der Waals surface area contributed by atoms with Gasteiger partial charge in [-0.25, -0.2) is 4.79 Å². The molecule has 18 heavy (non-hydrogen) atoms. The third-order valence-electron chi connectivity index (χ3n) is 4.17. The molecule has 5 nitrogen and oxygen atoms in total. The molecule has 1 aromatic heterocycles. The molecule has 5 heteroatoms. The van der Waals surface area contributed by atoms with Gasteiger partial charge in [-0.05, 0) is 31.7 Å². The molecule has 2 aliphatic rings. The molecule has 1 atom stereocenters. The van der Waals surface area contributed by atoms with Gasteiger partial charge < -0.3 is 9.84 Å². The van der Waals surface area contributed by atoms with Crippen LogP contribution < -0.4 is 0 Å². The molecule has 0 bridgehead atoms. The third kappa shape index (κ3) is 2.03. The van der Waals surface area contributed by atoms with Crippen molar-refractivity contribution in [3.8, 4) is 0 Å². The van der Waals surface area contributed by atoms with Crippen LogP contribution in [-0.4, -0.2) is 32.6 Å². The van der Waals surface area contributed by atoms with Gasteiger partial charge >= 0.3 is 5.97 Å². The van der Waals surface area contributed by atoms with Gasteiger partial charge in [-0.2, -0.15) is 5.10 Å². The molecule has 1 unspecified atom stereocenters. The Hall–Kier alpha value is -1.36. The van der Waals surface area contributed by atoms with E-state index in [2.05, 4.69) is 5.10 Å². The number of carboxylic acids is 1. The Labute approximate surface area is 106 Å². The summed E-state index contributed by atoms with van der Waals surface area (Å²) < 4.78 is 7.71. The van der Waals surface area contributed by atoms with E-state index in [0.29, 0.717) is 6.54 Å². The number of aromatic nitrogens is 2. The van der Waals surface area contributed by atoms with Gasteiger partial charge in [-0.15, -0.1) is 0 Å². The standard InChI is InChI=1S/C13H18N2O3/c16-12(17)11-4-8-14-15(11)9-10-3-7-13(18-10)5-1-2-6-13/h4,8,10H,1-3,5-7,9H2,(H,16,17). The second-order valence-corrected chi connectivity index (χ2v) is 5.37. The minimum Gasteiger partial charge on any atom is -0.477 e. The van der Waals surface area contributed by atoms with E-state index in [4.69, 9.17) is 9.84 Å². The Morgan fingerprint density at radius 2 is 2.28 bits per heavy atom. The number of carboxylic acid groups (broad SMARTS) is 1. The van der Waals surface area contributed by atoms with Crippen LogP contribution in [-0.2, 0) is 11.3 Å². The van der Waals surface area contributed by atoms with Crippen LogP contribution in [0.3, 0.4) is 0 Å². The second kappa shape index (κ2) is 4.39.